The second kappa shape index (κ2) is 11.3. The van der Waals surface area contributed by atoms with Crippen LogP contribution in [-0.4, -0.2) is 39.2 Å². The number of hydrogen-bond donors (Lipinski definition) is 3. The minimum Gasteiger partial charge on any atom is -0.478 e. The normalized spacial score (nSPS) is 10.8. The number of fused-ring (bicyclic) bond motifs is 1. The van der Waals surface area contributed by atoms with Crippen molar-refractivity contribution >= 4 is 28.9 Å². The first kappa shape index (κ1) is 24.0. The van der Waals surface area contributed by atoms with Gasteiger partial charge in [-0.25, -0.2) is 14.6 Å². The second-order valence-electron chi connectivity index (χ2n) is 7.99. The molecule has 0 bridgehead atoms. The van der Waals surface area contributed by atoms with Crippen LogP contribution in [0.5, 0.6) is 0 Å². The third-order valence-corrected chi connectivity index (χ3v) is 5.56. The van der Waals surface area contributed by atoms with Gasteiger partial charge >= 0.3 is 12.1 Å². The lowest BCUT2D eigenvalue weighted by atomic mass is 10.1. The molecule has 8 nitrogen and oxygen atoms in total. The van der Waals surface area contributed by atoms with Crippen LogP contribution in [0.4, 0.5) is 4.79 Å². The highest BCUT2D eigenvalue weighted by molar-refractivity contribution is 6.04. The average Bonchev–Trinajstić information content (AvgIpc) is 3.12. The van der Waals surface area contributed by atoms with Crippen LogP contribution >= 0.6 is 0 Å². The van der Waals surface area contributed by atoms with Crippen molar-refractivity contribution in [1.29, 1.82) is 5.41 Å². The monoisotopic (exact) mass is 450 g/mol. The molecule has 0 spiro atoms. The van der Waals surface area contributed by atoms with E-state index in [-0.39, 0.29) is 11.4 Å². The predicted molar refractivity (Wildman–Crippen MR) is 127 cm³/mol. The van der Waals surface area contributed by atoms with Gasteiger partial charge in [0.25, 0.3) is 0 Å². The van der Waals surface area contributed by atoms with Crippen molar-refractivity contribution in [2.24, 2.45) is 7.05 Å². The summed E-state index contributed by atoms with van der Waals surface area (Å²) in [5.74, 6) is -0.0955. The summed E-state index contributed by atoms with van der Waals surface area (Å²) in [7, 11) is 1.92. The van der Waals surface area contributed by atoms with Gasteiger partial charge in [0.05, 0.1) is 23.2 Å². The largest absolute Gasteiger partial charge is 0.478 e. The number of aryl methyl sites for hydroxylation is 3. The van der Waals surface area contributed by atoms with Crippen LogP contribution in [0, 0.1) is 5.41 Å². The maximum absolute atomic E-state index is 11.8. The summed E-state index contributed by atoms with van der Waals surface area (Å²) >= 11 is 0. The Balaban J connectivity index is 1.53. The Morgan fingerprint density at radius 2 is 1.79 bits per heavy atom. The zero-order valence-electron chi connectivity index (χ0n) is 19.1. The van der Waals surface area contributed by atoms with Crippen LogP contribution in [0.25, 0.3) is 11.0 Å². The lowest BCUT2D eigenvalue weighted by Crippen LogP contribution is -2.31. The number of carbonyl (C=O) groups excluding carboxylic acids is 1. The number of benzene rings is 2. The van der Waals surface area contributed by atoms with Crippen molar-refractivity contribution in [2.75, 3.05) is 6.61 Å². The minimum absolute atomic E-state index is 0.00435. The first-order valence-electron chi connectivity index (χ1n) is 11.2. The van der Waals surface area contributed by atoms with E-state index in [1.54, 1.807) is 30.3 Å². The molecule has 0 atom stereocenters. The molecular weight excluding hydrogens is 420 g/mol. The smallest absolute Gasteiger partial charge is 0.412 e. The average molecular weight is 451 g/mol. The van der Waals surface area contributed by atoms with Crippen molar-refractivity contribution in [3.8, 4) is 0 Å². The van der Waals surface area contributed by atoms with Gasteiger partial charge in [-0.3, -0.25) is 10.7 Å². The van der Waals surface area contributed by atoms with Gasteiger partial charge < -0.3 is 14.4 Å². The Hall–Kier alpha value is -3.68. The molecule has 1 amide bonds. The maximum Gasteiger partial charge on any atom is 0.412 e. The van der Waals surface area contributed by atoms with Crippen LogP contribution in [0.15, 0.2) is 42.5 Å². The molecule has 0 saturated heterocycles. The Kier molecular flexibility index (Phi) is 8.18. The van der Waals surface area contributed by atoms with Gasteiger partial charge in [-0.05, 0) is 36.6 Å². The molecule has 1 heterocycles. The number of imidazole rings is 1. The number of carbonyl (C=O) groups is 2. The molecule has 0 aliphatic rings. The van der Waals surface area contributed by atoms with Gasteiger partial charge in [0.1, 0.15) is 11.7 Å². The molecule has 33 heavy (non-hydrogen) atoms. The number of aromatic nitrogens is 2. The summed E-state index contributed by atoms with van der Waals surface area (Å²) < 4.78 is 7.09. The number of alkyl carbamates (subject to hydrolysis) is 1. The number of nitrogens with zero attached hydrogens (tertiary/aromatic N) is 2. The van der Waals surface area contributed by atoms with Gasteiger partial charge in [0.15, 0.2) is 0 Å². The van der Waals surface area contributed by atoms with Crippen LogP contribution < -0.4 is 5.32 Å². The first-order valence-corrected chi connectivity index (χ1v) is 11.2. The third-order valence-electron chi connectivity index (χ3n) is 5.56. The Labute approximate surface area is 193 Å². The summed E-state index contributed by atoms with van der Waals surface area (Å²) in [5, 5.41) is 19.7. The number of rotatable bonds is 10. The number of nitrogens with one attached hydrogen (secondary N) is 2. The van der Waals surface area contributed by atoms with E-state index < -0.39 is 12.1 Å². The topological polar surface area (TPSA) is 117 Å². The summed E-state index contributed by atoms with van der Waals surface area (Å²) in [6.07, 6.45) is 4.93. The molecule has 2 aromatic carbocycles. The third kappa shape index (κ3) is 6.41. The molecule has 3 N–H and O–H groups in total. The number of unbranched alkanes of at least 4 members (excludes halogenated alkanes) is 3. The Morgan fingerprint density at radius 1 is 1.06 bits per heavy atom. The van der Waals surface area contributed by atoms with Crippen LogP contribution in [-0.2, 0) is 24.6 Å². The maximum atomic E-state index is 11.8. The standard InChI is InChI=1S/C25H30N4O4/c1-3-4-5-6-15-33-25(32)28-23(26)18-10-7-17(8-11-18)9-14-22-27-20-16-19(24(30)31)12-13-21(20)29(22)2/h7-8,10-13,16H,3-6,9,14-15H2,1-2H3,(H,30,31)(H2,26,28,32). The summed E-state index contributed by atoms with van der Waals surface area (Å²) in [6.45, 7) is 2.48. The van der Waals surface area contributed by atoms with Crippen molar-refractivity contribution in [3.05, 3.63) is 65.0 Å². The molecule has 0 aliphatic carbocycles. The van der Waals surface area contributed by atoms with E-state index in [0.717, 1.165) is 49.0 Å². The summed E-state index contributed by atoms with van der Waals surface area (Å²) in [6, 6.07) is 12.4. The molecule has 174 valence electrons. The fourth-order valence-corrected chi connectivity index (χ4v) is 3.60. The quantitative estimate of drug-likeness (QED) is 0.235. The molecular formula is C25H30N4O4. The number of ether oxygens (including phenoxy) is 1. The van der Waals surface area contributed by atoms with E-state index in [1.165, 1.54) is 0 Å². The molecule has 0 fully saturated rings. The van der Waals surface area contributed by atoms with E-state index in [9.17, 15) is 9.59 Å². The predicted octanol–water partition coefficient (Wildman–Crippen LogP) is 4.69. The number of amidine groups is 1. The number of carboxylic acids is 1. The minimum atomic E-state index is -0.968. The van der Waals surface area contributed by atoms with E-state index in [0.29, 0.717) is 24.1 Å². The summed E-state index contributed by atoms with van der Waals surface area (Å²) in [4.78, 5) is 27.6. The number of amides is 1. The van der Waals surface area contributed by atoms with E-state index in [2.05, 4.69) is 17.2 Å². The molecule has 0 radical (unpaired) electrons. The zero-order chi connectivity index (χ0) is 23.8. The van der Waals surface area contributed by atoms with Crippen molar-refractivity contribution < 1.29 is 19.4 Å². The zero-order valence-corrected chi connectivity index (χ0v) is 19.1. The number of hydrogen-bond acceptors (Lipinski definition) is 5. The summed E-state index contributed by atoms with van der Waals surface area (Å²) in [5.41, 5.74) is 3.45. The Morgan fingerprint density at radius 3 is 2.48 bits per heavy atom. The van der Waals surface area contributed by atoms with Gasteiger partial charge in [-0.15, -0.1) is 0 Å². The van der Waals surface area contributed by atoms with Crippen LogP contribution in [0.2, 0.25) is 0 Å². The van der Waals surface area contributed by atoms with Gasteiger partial charge in [0.2, 0.25) is 0 Å². The molecule has 0 aliphatic heterocycles. The molecule has 3 rings (SSSR count). The van der Waals surface area contributed by atoms with Crippen molar-refractivity contribution in [2.45, 2.75) is 45.4 Å². The number of aromatic carboxylic acids is 1. The molecule has 0 saturated carbocycles. The van der Waals surface area contributed by atoms with E-state index >= 15 is 0 Å². The van der Waals surface area contributed by atoms with Crippen LogP contribution in [0.3, 0.4) is 0 Å². The Bertz CT molecular complexity index is 1140. The number of carboxylic acid groups (broad SMARTS) is 1. The highest BCUT2D eigenvalue weighted by atomic mass is 16.5. The highest BCUT2D eigenvalue weighted by Gasteiger charge is 2.12. The molecule has 8 heteroatoms. The van der Waals surface area contributed by atoms with E-state index in [1.807, 2.05) is 23.7 Å². The van der Waals surface area contributed by atoms with Crippen molar-refractivity contribution in [1.82, 2.24) is 14.9 Å². The highest BCUT2D eigenvalue weighted by Crippen LogP contribution is 2.18. The van der Waals surface area contributed by atoms with E-state index in [4.69, 9.17) is 15.3 Å². The van der Waals surface area contributed by atoms with Gasteiger partial charge in [0, 0.05) is 19.0 Å². The lowest BCUT2D eigenvalue weighted by Gasteiger charge is -2.09. The second-order valence-corrected chi connectivity index (χ2v) is 7.99. The first-order chi connectivity index (χ1) is 15.9. The molecule has 3 aromatic rings. The van der Waals surface area contributed by atoms with Gasteiger partial charge in [-0.2, -0.15) is 0 Å². The molecule has 1 aromatic heterocycles. The van der Waals surface area contributed by atoms with Crippen molar-refractivity contribution in [3.63, 3.8) is 0 Å². The van der Waals surface area contributed by atoms with Gasteiger partial charge in [-0.1, -0.05) is 50.5 Å². The molecule has 0 unspecified atom stereocenters. The fourth-order valence-electron chi connectivity index (χ4n) is 3.60. The lowest BCUT2D eigenvalue weighted by molar-refractivity contribution is 0.0697. The fraction of sp³-hybridized carbons (Fsp3) is 0.360. The van der Waals surface area contributed by atoms with Crippen LogP contribution in [0.1, 0.15) is 59.9 Å². The SMILES string of the molecule is CCCCCCOC(=O)NC(=N)c1ccc(CCc2nc3cc(C(=O)O)ccc3n2C)cc1.